The number of nitrogens with zero attached hydrogens (tertiary/aromatic N) is 2. The van der Waals surface area contributed by atoms with Crippen LogP contribution in [0.2, 0.25) is 0 Å². The van der Waals surface area contributed by atoms with Crippen molar-refractivity contribution in [2.75, 3.05) is 10.9 Å². The van der Waals surface area contributed by atoms with E-state index in [9.17, 15) is 28.6 Å². The number of nitrogen functional groups attached to an aromatic ring is 2. The number of hydrogen-bond donors (Lipinski definition) is 4. The van der Waals surface area contributed by atoms with E-state index in [1.54, 1.807) is 0 Å². The van der Waals surface area contributed by atoms with E-state index in [4.69, 9.17) is 11.7 Å². The zero-order valence-corrected chi connectivity index (χ0v) is 13.2. The predicted molar refractivity (Wildman–Crippen MR) is 87.3 cm³/mol. The smallest absolute Gasteiger partial charge is 0.294 e. The topological polar surface area (TPSA) is 197 Å². The van der Waals surface area contributed by atoms with E-state index < -0.39 is 40.8 Å². The van der Waals surface area contributed by atoms with Crippen LogP contribution in [0.15, 0.2) is 46.2 Å². The monoisotopic (exact) mass is 368 g/mol. The Labute approximate surface area is 140 Å². The lowest BCUT2D eigenvalue weighted by atomic mass is 10.3. The standard InChI is InChI=1S/C12H12N6O6S/c13-15-9-3-1-7(5-11(9)17(19)20)25(23,24)8-2-4-10(16-14)12(6-8)18(21)22/h1-6,15-16H,13-14H2. The van der Waals surface area contributed by atoms with E-state index >= 15 is 0 Å². The summed E-state index contributed by atoms with van der Waals surface area (Å²) in [7, 11) is -4.25. The molecule has 0 spiro atoms. The van der Waals surface area contributed by atoms with Crippen LogP contribution in [0, 0.1) is 20.2 Å². The molecule has 2 aromatic carbocycles. The average molecular weight is 368 g/mol. The largest absolute Gasteiger partial charge is 0.318 e. The second-order valence-electron chi connectivity index (χ2n) is 4.66. The highest BCUT2D eigenvalue weighted by atomic mass is 32.2. The number of nitro groups is 2. The first-order valence-electron chi connectivity index (χ1n) is 6.47. The maximum atomic E-state index is 12.6. The van der Waals surface area contributed by atoms with Crippen molar-refractivity contribution in [3.63, 3.8) is 0 Å². The molecule has 2 aromatic rings. The minimum absolute atomic E-state index is 0.0855. The maximum Gasteiger partial charge on any atom is 0.294 e. The number of nitrogens with one attached hydrogen (secondary N) is 2. The second-order valence-corrected chi connectivity index (χ2v) is 6.61. The van der Waals surface area contributed by atoms with Crippen molar-refractivity contribution in [3.05, 3.63) is 56.6 Å². The number of anilines is 2. The molecule has 6 N–H and O–H groups in total. The molecule has 2 rings (SSSR count). The van der Waals surface area contributed by atoms with Gasteiger partial charge in [0.25, 0.3) is 11.4 Å². The summed E-state index contributed by atoms with van der Waals surface area (Å²) in [5.41, 5.74) is 2.89. The molecular weight excluding hydrogens is 356 g/mol. The van der Waals surface area contributed by atoms with E-state index in [1.807, 2.05) is 0 Å². The van der Waals surface area contributed by atoms with Gasteiger partial charge in [-0.2, -0.15) is 0 Å². The van der Waals surface area contributed by atoms with E-state index in [-0.39, 0.29) is 11.4 Å². The molecule has 0 bridgehead atoms. The van der Waals surface area contributed by atoms with E-state index in [0.29, 0.717) is 0 Å². The predicted octanol–water partition coefficient (Wildman–Crippen LogP) is 0.907. The molecule has 0 aliphatic carbocycles. The third-order valence-electron chi connectivity index (χ3n) is 3.26. The van der Waals surface area contributed by atoms with Gasteiger partial charge >= 0.3 is 0 Å². The van der Waals surface area contributed by atoms with Gasteiger partial charge in [0.05, 0.1) is 19.6 Å². The summed E-state index contributed by atoms with van der Waals surface area (Å²) in [6.45, 7) is 0. The maximum absolute atomic E-state index is 12.6. The molecule has 0 radical (unpaired) electrons. The van der Waals surface area contributed by atoms with Crippen molar-refractivity contribution in [1.29, 1.82) is 0 Å². The van der Waals surface area contributed by atoms with Crippen LogP contribution >= 0.6 is 0 Å². The van der Waals surface area contributed by atoms with Crippen LogP contribution in [0.1, 0.15) is 0 Å². The van der Waals surface area contributed by atoms with Crippen LogP contribution in [0.3, 0.4) is 0 Å². The zero-order valence-electron chi connectivity index (χ0n) is 12.4. The molecule has 0 heterocycles. The van der Waals surface area contributed by atoms with Crippen molar-refractivity contribution in [1.82, 2.24) is 0 Å². The van der Waals surface area contributed by atoms with Gasteiger partial charge in [0.1, 0.15) is 11.4 Å². The molecule has 12 nitrogen and oxygen atoms in total. The van der Waals surface area contributed by atoms with Gasteiger partial charge in [0.2, 0.25) is 9.84 Å². The number of benzene rings is 2. The lowest BCUT2D eigenvalue weighted by Crippen LogP contribution is -2.11. The Morgan fingerprint density at radius 1 is 0.800 bits per heavy atom. The number of rotatable bonds is 6. The molecule has 0 amide bonds. The first-order valence-corrected chi connectivity index (χ1v) is 7.96. The molecule has 0 atom stereocenters. The van der Waals surface area contributed by atoms with Crippen molar-refractivity contribution < 1.29 is 18.3 Å². The van der Waals surface area contributed by atoms with Gasteiger partial charge < -0.3 is 10.9 Å². The molecule has 0 aliphatic heterocycles. The van der Waals surface area contributed by atoms with E-state index in [1.165, 1.54) is 0 Å². The van der Waals surface area contributed by atoms with Crippen LogP contribution in [0.4, 0.5) is 22.7 Å². The molecule has 0 unspecified atom stereocenters. The van der Waals surface area contributed by atoms with Gasteiger partial charge in [0, 0.05) is 12.1 Å². The molecular formula is C12H12N6O6S. The summed E-state index contributed by atoms with van der Waals surface area (Å²) < 4.78 is 25.3. The van der Waals surface area contributed by atoms with Crippen LogP contribution in [0.25, 0.3) is 0 Å². The van der Waals surface area contributed by atoms with Gasteiger partial charge in [-0.1, -0.05) is 0 Å². The highest BCUT2D eigenvalue weighted by Crippen LogP contribution is 2.33. The lowest BCUT2D eigenvalue weighted by molar-refractivity contribution is -0.384. The minimum Gasteiger partial charge on any atom is -0.318 e. The Morgan fingerprint density at radius 2 is 1.16 bits per heavy atom. The second kappa shape index (κ2) is 6.68. The molecule has 0 aromatic heterocycles. The summed E-state index contributed by atoms with van der Waals surface area (Å²) in [5.74, 6) is 10.3. The van der Waals surface area contributed by atoms with Crippen LogP contribution in [-0.2, 0) is 9.84 Å². The van der Waals surface area contributed by atoms with Crippen LogP contribution < -0.4 is 22.5 Å². The number of nitrogens with two attached hydrogens (primary N) is 2. The fourth-order valence-electron chi connectivity index (χ4n) is 2.04. The SMILES string of the molecule is NNc1ccc(S(=O)(=O)c2ccc(NN)c([N+](=O)[O-])c2)cc1[N+](=O)[O-]. The molecule has 132 valence electrons. The summed E-state index contributed by atoms with van der Waals surface area (Å²) >= 11 is 0. The van der Waals surface area contributed by atoms with E-state index in [0.717, 1.165) is 36.4 Å². The first kappa shape index (κ1) is 18.1. The molecule has 0 aliphatic rings. The summed E-state index contributed by atoms with van der Waals surface area (Å²) in [6.07, 6.45) is 0. The normalized spacial score (nSPS) is 11.0. The molecule has 0 saturated carbocycles. The molecule has 0 fully saturated rings. The molecule has 0 saturated heterocycles. The number of hydrazine groups is 2. The third-order valence-corrected chi connectivity index (χ3v) is 5.01. The summed E-state index contributed by atoms with van der Waals surface area (Å²) in [4.78, 5) is 19.6. The van der Waals surface area contributed by atoms with Gasteiger partial charge in [-0.15, -0.1) is 0 Å². The minimum atomic E-state index is -4.25. The first-order chi connectivity index (χ1) is 11.7. The van der Waals surface area contributed by atoms with Crippen molar-refractivity contribution in [2.45, 2.75) is 9.79 Å². The van der Waals surface area contributed by atoms with Crippen molar-refractivity contribution >= 4 is 32.6 Å². The van der Waals surface area contributed by atoms with E-state index in [2.05, 4.69) is 10.9 Å². The Balaban J connectivity index is 2.63. The fourth-order valence-corrected chi connectivity index (χ4v) is 3.34. The Kier molecular flexibility index (Phi) is 4.82. The average Bonchev–Trinajstić information content (AvgIpc) is 2.60. The number of hydrogen-bond acceptors (Lipinski definition) is 10. The van der Waals surface area contributed by atoms with Crippen molar-refractivity contribution in [3.8, 4) is 0 Å². The van der Waals surface area contributed by atoms with Gasteiger partial charge in [-0.25, -0.2) is 8.42 Å². The number of sulfone groups is 1. The van der Waals surface area contributed by atoms with Gasteiger partial charge in [-0.3, -0.25) is 31.9 Å². The van der Waals surface area contributed by atoms with Crippen LogP contribution in [-0.4, -0.2) is 18.3 Å². The fraction of sp³-hybridized carbons (Fsp3) is 0. The zero-order chi connectivity index (χ0) is 18.8. The Hall–Kier alpha value is -3.29. The summed E-state index contributed by atoms with van der Waals surface area (Å²) in [5, 5.41) is 22.1. The Morgan fingerprint density at radius 3 is 1.44 bits per heavy atom. The quantitative estimate of drug-likeness (QED) is 0.323. The van der Waals surface area contributed by atoms with Gasteiger partial charge in [-0.05, 0) is 24.3 Å². The number of nitro benzene ring substituents is 2. The highest BCUT2D eigenvalue weighted by molar-refractivity contribution is 7.91. The van der Waals surface area contributed by atoms with Gasteiger partial charge in [0.15, 0.2) is 0 Å². The van der Waals surface area contributed by atoms with Crippen molar-refractivity contribution in [2.24, 2.45) is 11.7 Å². The summed E-state index contributed by atoms with van der Waals surface area (Å²) in [6, 6.07) is 6.05. The third kappa shape index (κ3) is 3.32. The molecule has 13 heteroatoms. The Bertz CT molecular complexity index is 889. The lowest BCUT2D eigenvalue weighted by Gasteiger charge is -2.08. The highest BCUT2D eigenvalue weighted by Gasteiger charge is 2.26. The molecule has 25 heavy (non-hydrogen) atoms. The van der Waals surface area contributed by atoms with Crippen LogP contribution in [0.5, 0.6) is 0 Å².